The molecule has 0 aliphatic carbocycles. The topological polar surface area (TPSA) is 123 Å². The summed E-state index contributed by atoms with van der Waals surface area (Å²) in [5.41, 5.74) is 1.61. The molecule has 2 heterocycles. The Morgan fingerprint density at radius 3 is 2.57 bits per heavy atom. The summed E-state index contributed by atoms with van der Waals surface area (Å²) in [6.07, 6.45) is 5.70. The Balaban J connectivity index is 1.64. The SMILES string of the molecule is COc1cc(NC(=O)[C@H](C)NC(=O)c2ccoc2)ccc1NC(=O)c1cccnc1. The zero-order valence-corrected chi connectivity index (χ0v) is 16.3. The predicted molar refractivity (Wildman–Crippen MR) is 109 cm³/mol. The molecule has 3 aromatic rings. The number of carbonyl (C=O) groups excluding carboxylic acids is 3. The second-order valence-corrected chi connectivity index (χ2v) is 6.31. The van der Waals surface area contributed by atoms with Crippen LogP contribution in [0.2, 0.25) is 0 Å². The molecule has 0 radical (unpaired) electrons. The normalized spacial score (nSPS) is 11.3. The van der Waals surface area contributed by atoms with E-state index in [1.807, 2.05) is 0 Å². The number of furan rings is 1. The predicted octanol–water partition coefficient (Wildman–Crippen LogP) is 2.69. The fourth-order valence-electron chi connectivity index (χ4n) is 2.55. The molecule has 0 spiro atoms. The van der Waals surface area contributed by atoms with Crippen molar-refractivity contribution in [1.82, 2.24) is 10.3 Å². The molecule has 9 nitrogen and oxygen atoms in total. The van der Waals surface area contributed by atoms with Crippen LogP contribution in [0.4, 0.5) is 11.4 Å². The van der Waals surface area contributed by atoms with E-state index in [1.165, 1.54) is 31.9 Å². The molecular formula is C21H20N4O5. The Morgan fingerprint density at radius 2 is 1.90 bits per heavy atom. The number of rotatable bonds is 7. The molecule has 154 valence electrons. The number of hydrogen-bond donors (Lipinski definition) is 3. The third-order valence-electron chi connectivity index (χ3n) is 4.17. The first-order chi connectivity index (χ1) is 14.5. The van der Waals surface area contributed by atoms with Crippen molar-refractivity contribution >= 4 is 29.1 Å². The van der Waals surface area contributed by atoms with Gasteiger partial charge in [-0.25, -0.2) is 0 Å². The van der Waals surface area contributed by atoms with Crippen molar-refractivity contribution in [2.45, 2.75) is 13.0 Å². The van der Waals surface area contributed by atoms with Crippen LogP contribution in [0.3, 0.4) is 0 Å². The molecule has 2 aromatic heterocycles. The van der Waals surface area contributed by atoms with E-state index in [-0.39, 0.29) is 5.91 Å². The average molecular weight is 408 g/mol. The smallest absolute Gasteiger partial charge is 0.257 e. The standard InChI is InChI=1S/C21H20N4O5/c1-13(23-21(28)15-7-9-30-12-15)19(26)24-16-5-6-17(18(10-16)29-2)25-20(27)14-4-3-8-22-11-14/h3-13H,1-2H3,(H,23,28)(H,24,26)(H,25,27)/t13-/m0/s1. The van der Waals surface area contributed by atoms with Crippen LogP contribution in [-0.4, -0.2) is 35.9 Å². The van der Waals surface area contributed by atoms with Gasteiger partial charge < -0.3 is 25.1 Å². The number of amides is 3. The van der Waals surface area contributed by atoms with Gasteiger partial charge in [0.2, 0.25) is 5.91 Å². The molecule has 0 aliphatic heterocycles. The molecule has 30 heavy (non-hydrogen) atoms. The Kier molecular flexibility index (Phi) is 6.43. The minimum Gasteiger partial charge on any atom is -0.494 e. The summed E-state index contributed by atoms with van der Waals surface area (Å²) in [5, 5.41) is 8.02. The zero-order chi connectivity index (χ0) is 21.5. The third-order valence-corrected chi connectivity index (χ3v) is 4.17. The number of benzene rings is 1. The molecule has 1 atom stereocenters. The van der Waals surface area contributed by atoms with Crippen molar-refractivity contribution < 1.29 is 23.5 Å². The van der Waals surface area contributed by atoms with E-state index in [0.29, 0.717) is 28.3 Å². The molecule has 9 heteroatoms. The largest absolute Gasteiger partial charge is 0.494 e. The number of carbonyl (C=O) groups is 3. The average Bonchev–Trinajstić information content (AvgIpc) is 3.30. The zero-order valence-electron chi connectivity index (χ0n) is 16.3. The van der Waals surface area contributed by atoms with Crippen LogP contribution in [0.1, 0.15) is 27.6 Å². The van der Waals surface area contributed by atoms with Gasteiger partial charge in [0.05, 0.1) is 30.2 Å². The number of aromatic nitrogens is 1. The van der Waals surface area contributed by atoms with E-state index < -0.39 is 17.9 Å². The fraction of sp³-hybridized carbons (Fsp3) is 0.143. The highest BCUT2D eigenvalue weighted by Gasteiger charge is 2.18. The van der Waals surface area contributed by atoms with Crippen molar-refractivity contribution in [2.24, 2.45) is 0 Å². The quantitative estimate of drug-likeness (QED) is 0.552. The van der Waals surface area contributed by atoms with Gasteiger partial charge >= 0.3 is 0 Å². The van der Waals surface area contributed by atoms with E-state index in [9.17, 15) is 14.4 Å². The van der Waals surface area contributed by atoms with Crippen molar-refractivity contribution in [3.05, 3.63) is 72.4 Å². The van der Waals surface area contributed by atoms with Crippen LogP contribution >= 0.6 is 0 Å². The van der Waals surface area contributed by atoms with Gasteiger partial charge in [-0.2, -0.15) is 0 Å². The molecule has 0 unspecified atom stereocenters. The summed E-state index contributed by atoms with van der Waals surface area (Å²) in [5.74, 6) is -0.813. The summed E-state index contributed by atoms with van der Waals surface area (Å²) in [4.78, 5) is 40.6. The number of methoxy groups -OCH3 is 1. The van der Waals surface area contributed by atoms with E-state index >= 15 is 0 Å². The molecular weight excluding hydrogens is 388 g/mol. The van der Waals surface area contributed by atoms with Crippen LogP contribution < -0.4 is 20.7 Å². The lowest BCUT2D eigenvalue weighted by Gasteiger charge is -2.15. The summed E-state index contributed by atoms with van der Waals surface area (Å²) in [6, 6.07) is 8.81. The first kappa shape index (κ1) is 20.6. The van der Waals surface area contributed by atoms with E-state index in [4.69, 9.17) is 9.15 Å². The van der Waals surface area contributed by atoms with Gasteiger partial charge in [-0.15, -0.1) is 0 Å². The number of hydrogen-bond acceptors (Lipinski definition) is 6. The van der Waals surface area contributed by atoms with E-state index in [0.717, 1.165) is 0 Å². The first-order valence-electron chi connectivity index (χ1n) is 9.01. The number of anilines is 2. The maximum Gasteiger partial charge on any atom is 0.257 e. The molecule has 1 aromatic carbocycles. The van der Waals surface area contributed by atoms with E-state index in [1.54, 1.807) is 43.5 Å². The maximum absolute atomic E-state index is 12.4. The third kappa shape index (κ3) is 5.02. The van der Waals surface area contributed by atoms with Crippen LogP contribution in [0.5, 0.6) is 5.75 Å². The van der Waals surface area contributed by atoms with Gasteiger partial charge in [-0.1, -0.05) is 0 Å². The van der Waals surface area contributed by atoms with Crippen molar-refractivity contribution in [3.8, 4) is 5.75 Å². The minimum absolute atomic E-state index is 0.324. The van der Waals surface area contributed by atoms with Crippen molar-refractivity contribution in [3.63, 3.8) is 0 Å². The van der Waals surface area contributed by atoms with Gasteiger partial charge in [-0.3, -0.25) is 19.4 Å². The Morgan fingerprint density at radius 1 is 1.07 bits per heavy atom. The monoisotopic (exact) mass is 408 g/mol. The van der Waals surface area contributed by atoms with Crippen molar-refractivity contribution in [1.29, 1.82) is 0 Å². The lowest BCUT2D eigenvalue weighted by atomic mass is 10.2. The first-order valence-corrected chi connectivity index (χ1v) is 9.01. The van der Waals surface area contributed by atoms with Crippen LogP contribution in [0.15, 0.2) is 65.7 Å². The van der Waals surface area contributed by atoms with Gasteiger partial charge in [0, 0.05) is 24.1 Å². The highest BCUT2D eigenvalue weighted by atomic mass is 16.5. The summed E-state index contributed by atoms with van der Waals surface area (Å²) < 4.78 is 10.2. The number of nitrogens with one attached hydrogen (secondary N) is 3. The Labute approximate surface area is 172 Å². The second-order valence-electron chi connectivity index (χ2n) is 6.31. The lowest BCUT2D eigenvalue weighted by Crippen LogP contribution is -2.41. The second kappa shape index (κ2) is 9.37. The molecule has 0 fully saturated rings. The Bertz CT molecular complexity index is 1030. The van der Waals surface area contributed by atoms with Crippen LogP contribution in [-0.2, 0) is 4.79 Å². The van der Waals surface area contributed by atoms with E-state index in [2.05, 4.69) is 20.9 Å². The fourth-order valence-corrected chi connectivity index (χ4v) is 2.55. The van der Waals surface area contributed by atoms with Crippen LogP contribution in [0.25, 0.3) is 0 Å². The summed E-state index contributed by atoms with van der Waals surface area (Å²) in [6.45, 7) is 1.56. The van der Waals surface area contributed by atoms with Gasteiger partial charge in [-0.05, 0) is 37.3 Å². The van der Waals surface area contributed by atoms with Gasteiger partial charge in [0.15, 0.2) is 0 Å². The van der Waals surface area contributed by atoms with Crippen molar-refractivity contribution in [2.75, 3.05) is 17.7 Å². The minimum atomic E-state index is -0.789. The number of ether oxygens (including phenoxy) is 1. The lowest BCUT2D eigenvalue weighted by molar-refractivity contribution is -0.117. The highest BCUT2D eigenvalue weighted by molar-refractivity contribution is 6.05. The maximum atomic E-state index is 12.4. The number of nitrogens with zero attached hydrogens (tertiary/aromatic N) is 1. The van der Waals surface area contributed by atoms with Gasteiger partial charge in [0.1, 0.15) is 18.1 Å². The molecule has 3 rings (SSSR count). The molecule has 0 saturated heterocycles. The molecule has 0 aliphatic rings. The van der Waals surface area contributed by atoms with Gasteiger partial charge in [0.25, 0.3) is 11.8 Å². The molecule has 3 N–H and O–H groups in total. The summed E-state index contributed by atoms with van der Waals surface area (Å²) >= 11 is 0. The number of pyridine rings is 1. The highest BCUT2D eigenvalue weighted by Crippen LogP contribution is 2.28. The molecule has 0 saturated carbocycles. The molecule has 3 amide bonds. The van der Waals surface area contributed by atoms with Crippen LogP contribution in [0, 0.1) is 0 Å². The molecule has 0 bridgehead atoms. The Hall–Kier alpha value is -4.14. The summed E-state index contributed by atoms with van der Waals surface area (Å²) in [7, 11) is 1.45.